The van der Waals surface area contributed by atoms with Crippen molar-refractivity contribution in [3.05, 3.63) is 35.4 Å². The Bertz CT molecular complexity index is 631. The van der Waals surface area contributed by atoms with Crippen LogP contribution in [-0.2, 0) is 6.54 Å². The van der Waals surface area contributed by atoms with Crippen LogP contribution in [0, 0.1) is 6.92 Å². The quantitative estimate of drug-likeness (QED) is 0.593. The van der Waals surface area contributed by atoms with E-state index in [4.69, 9.17) is 5.73 Å². The molecule has 0 bridgehead atoms. The molecule has 0 aromatic heterocycles. The second-order valence-electron chi connectivity index (χ2n) is 8.05. The Balaban J connectivity index is 1.87. The van der Waals surface area contributed by atoms with Crippen molar-refractivity contribution in [3.8, 4) is 0 Å². The highest BCUT2D eigenvalue weighted by atomic mass is 15.4. The number of benzene rings is 1. The molecular formula is C22H37N5. The smallest absolute Gasteiger partial charge is 0.223 e. The van der Waals surface area contributed by atoms with E-state index in [0.717, 1.165) is 19.5 Å². The second-order valence-corrected chi connectivity index (χ2v) is 8.05. The Morgan fingerprint density at radius 3 is 2.30 bits per heavy atom. The number of nitrogens with zero attached hydrogens (tertiary/aromatic N) is 3. The molecule has 150 valence electrons. The van der Waals surface area contributed by atoms with Gasteiger partial charge in [0.2, 0.25) is 11.9 Å². The molecular weight excluding hydrogens is 334 g/mol. The van der Waals surface area contributed by atoms with Crippen molar-refractivity contribution in [2.75, 3.05) is 6.54 Å². The van der Waals surface area contributed by atoms with Crippen LogP contribution in [0.25, 0.3) is 0 Å². The first-order chi connectivity index (χ1) is 12.9. The molecule has 0 saturated carbocycles. The third kappa shape index (κ3) is 6.89. The molecule has 1 aromatic rings. The molecule has 0 radical (unpaired) electrons. The minimum absolute atomic E-state index is 0.324. The van der Waals surface area contributed by atoms with E-state index in [-0.39, 0.29) is 5.66 Å². The van der Waals surface area contributed by atoms with Gasteiger partial charge >= 0.3 is 0 Å². The van der Waals surface area contributed by atoms with Gasteiger partial charge in [-0.2, -0.15) is 4.99 Å². The van der Waals surface area contributed by atoms with Gasteiger partial charge in [0.25, 0.3) is 0 Å². The van der Waals surface area contributed by atoms with E-state index in [9.17, 15) is 0 Å². The van der Waals surface area contributed by atoms with Crippen molar-refractivity contribution in [1.82, 2.24) is 10.2 Å². The molecule has 0 atom stereocenters. The SMILES string of the molecule is CCCCCCCCCN=C1N=C(N)N(Cc2ccc(C)cc2)C(C)(C)N1. The zero-order chi connectivity index (χ0) is 19.7. The summed E-state index contributed by atoms with van der Waals surface area (Å²) in [4.78, 5) is 11.2. The summed E-state index contributed by atoms with van der Waals surface area (Å²) in [5.41, 5.74) is 8.43. The number of nitrogens with one attached hydrogen (secondary N) is 1. The minimum atomic E-state index is -0.324. The fraction of sp³-hybridized carbons (Fsp3) is 0.636. The highest BCUT2D eigenvalue weighted by molar-refractivity contribution is 5.97. The van der Waals surface area contributed by atoms with Gasteiger partial charge < -0.3 is 16.0 Å². The molecule has 0 amide bonds. The lowest BCUT2D eigenvalue weighted by atomic mass is 10.1. The van der Waals surface area contributed by atoms with Crippen LogP contribution in [0.4, 0.5) is 0 Å². The van der Waals surface area contributed by atoms with E-state index in [1.165, 1.54) is 49.7 Å². The molecule has 1 heterocycles. The zero-order valence-corrected chi connectivity index (χ0v) is 17.6. The maximum absolute atomic E-state index is 6.28. The van der Waals surface area contributed by atoms with E-state index in [1.54, 1.807) is 0 Å². The highest BCUT2D eigenvalue weighted by Gasteiger charge is 2.33. The molecule has 2 rings (SSSR count). The molecule has 27 heavy (non-hydrogen) atoms. The molecule has 0 aliphatic carbocycles. The van der Waals surface area contributed by atoms with E-state index >= 15 is 0 Å². The van der Waals surface area contributed by atoms with Crippen molar-refractivity contribution >= 4 is 11.9 Å². The highest BCUT2D eigenvalue weighted by Crippen LogP contribution is 2.19. The largest absolute Gasteiger partial charge is 0.369 e. The summed E-state index contributed by atoms with van der Waals surface area (Å²) in [5, 5.41) is 3.43. The van der Waals surface area contributed by atoms with Gasteiger partial charge in [-0.25, -0.2) is 0 Å². The Morgan fingerprint density at radius 2 is 1.67 bits per heavy atom. The molecule has 0 spiro atoms. The summed E-state index contributed by atoms with van der Waals surface area (Å²) in [6, 6.07) is 8.54. The predicted octanol–water partition coefficient (Wildman–Crippen LogP) is 4.56. The number of nitrogens with two attached hydrogens (primary N) is 1. The molecule has 1 aliphatic rings. The maximum atomic E-state index is 6.28. The molecule has 3 N–H and O–H groups in total. The number of guanidine groups is 2. The maximum Gasteiger partial charge on any atom is 0.223 e. The van der Waals surface area contributed by atoms with E-state index in [0.29, 0.717) is 11.9 Å². The first-order valence-electron chi connectivity index (χ1n) is 10.4. The molecule has 1 aromatic carbocycles. The summed E-state index contributed by atoms with van der Waals surface area (Å²) in [6.45, 7) is 10.1. The Hall–Kier alpha value is -2.04. The first-order valence-corrected chi connectivity index (χ1v) is 10.4. The van der Waals surface area contributed by atoms with Crippen LogP contribution in [0.1, 0.15) is 76.8 Å². The summed E-state index contributed by atoms with van der Waals surface area (Å²) in [7, 11) is 0. The van der Waals surface area contributed by atoms with Crippen LogP contribution < -0.4 is 11.1 Å². The molecule has 0 fully saturated rings. The number of unbranched alkanes of at least 4 members (excludes halogenated alkanes) is 6. The topological polar surface area (TPSA) is 66.0 Å². The van der Waals surface area contributed by atoms with Crippen LogP contribution in [0.15, 0.2) is 34.3 Å². The first kappa shape index (κ1) is 21.3. The van der Waals surface area contributed by atoms with Gasteiger partial charge in [0, 0.05) is 13.1 Å². The van der Waals surface area contributed by atoms with Crippen LogP contribution >= 0.6 is 0 Å². The van der Waals surface area contributed by atoms with E-state index in [1.807, 2.05) is 0 Å². The summed E-state index contributed by atoms with van der Waals surface area (Å²) in [5.74, 6) is 1.18. The number of hydrogen-bond donors (Lipinski definition) is 2. The fourth-order valence-corrected chi connectivity index (χ4v) is 3.31. The van der Waals surface area contributed by atoms with Gasteiger partial charge in [0.05, 0.1) is 0 Å². The summed E-state index contributed by atoms with van der Waals surface area (Å²) >= 11 is 0. The number of aliphatic imine (C=N–C) groups is 2. The number of aryl methyl sites for hydroxylation is 1. The monoisotopic (exact) mass is 371 g/mol. The number of rotatable bonds is 10. The third-order valence-electron chi connectivity index (χ3n) is 5.07. The Morgan fingerprint density at radius 1 is 1.04 bits per heavy atom. The van der Waals surface area contributed by atoms with Crippen molar-refractivity contribution in [3.63, 3.8) is 0 Å². The van der Waals surface area contributed by atoms with E-state index in [2.05, 4.69) is 72.2 Å². The van der Waals surface area contributed by atoms with Gasteiger partial charge in [-0.15, -0.1) is 0 Å². The van der Waals surface area contributed by atoms with Crippen LogP contribution in [0.5, 0.6) is 0 Å². The van der Waals surface area contributed by atoms with E-state index < -0.39 is 0 Å². The van der Waals surface area contributed by atoms with Crippen molar-refractivity contribution in [1.29, 1.82) is 0 Å². The number of hydrogen-bond acceptors (Lipinski definition) is 3. The van der Waals surface area contributed by atoms with Crippen molar-refractivity contribution in [2.24, 2.45) is 15.7 Å². The lowest BCUT2D eigenvalue weighted by Crippen LogP contribution is -2.63. The molecule has 0 unspecified atom stereocenters. The lowest BCUT2D eigenvalue weighted by Gasteiger charge is -2.43. The zero-order valence-electron chi connectivity index (χ0n) is 17.6. The summed E-state index contributed by atoms with van der Waals surface area (Å²) in [6.07, 6.45) is 9.01. The molecule has 1 aliphatic heterocycles. The van der Waals surface area contributed by atoms with Crippen LogP contribution in [0.3, 0.4) is 0 Å². The van der Waals surface area contributed by atoms with Crippen molar-refractivity contribution in [2.45, 2.75) is 84.8 Å². The molecule has 5 nitrogen and oxygen atoms in total. The van der Waals surface area contributed by atoms with Gasteiger partial charge in [-0.3, -0.25) is 4.99 Å². The standard InChI is InChI=1S/C22H37N5/c1-5-6-7-8-9-10-11-16-24-21-25-20(23)27(22(3,4)26-21)17-19-14-12-18(2)13-15-19/h12-15H,5-11,16-17H2,1-4H3,(H3,23,24,25,26). The van der Waals surface area contributed by atoms with Crippen LogP contribution in [-0.4, -0.2) is 29.0 Å². The van der Waals surface area contributed by atoms with Gasteiger partial charge in [0.1, 0.15) is 5.66 Å². The lowest BCUT2D eigenvalue weighted by molar-refractivity contribution is 0.178. The average molecular weight is 372 g/mol. The second kappa shape index (κ2) is 10.3. The minimum Gasteiger partial charge on any atom is -0.369 e. The van der Waals surface area contributed by atoms with Gasteiger partial charge in [-0.05, 0) is 32.8 Å². The predicted molar refractivity (Wildman–Crippen MR) is 116 cm³/mol. The van der Waals surface area contributed by atoms with Crippen molar-refractivity contribution < 1.29 is 0 Å². The van der Waals surface area contributed by atoms with Gasteiger partial charge in [0.15, 0.2) is 0 Å². The molecule has 5 heteroatoms. The third-order valence-corrected chi connectivity index (χ3v) is 5.07. The van der Waals surface area contributed by atoms with Gasteiger partial charge in [-0.1, -0.05) is 75.3 Å². The summed E-state index contributed by atoms with van der Waals surface area (Å²) < 4.78 is 0. The molecule has 0 saturated heterocycles. The Kier molecular flexibility index (Phi) is 8.14. The average Bonchev–Trinajstić information content (AvgIpc) is 2.61. The Labute approximate surface area is 165 Å². The fourth-order valence-electron chi connectivity index (χ4n) is 3.31. The normalized spacial score (nSPS) is 17.7. The van der Waals surface area contributed by atoms with Crippen LogP contribution in [0.2, 0.25) is 0 Å².